The van der Waals surface area contributed by atoms with E-state index in [0.717, 1.165) is 13.0 Å². The van der Waals surface area contributed by atoms with Crippen LogP contribution in [0.25, 0.3) is 0 Å². The normalized spacial score (nSPS) is 16.7. The second-order valence-electron chi connectivity index (χ2n) is 4.76. The van der Waals surface area contributed by atoms with Gasteiger partial charge >= 0.3 is 0 Å². The third-order valence-electron chi connectivity index (χ3n) is 3.36. The zero-order valence-electron chi connectivity index (χ0n) is 11.5. The number of anilines is 1. The molecule has 1 aromatic rings. The Morgan fingerprint density at radius 2 is 2.16 bits per heavy atom. The molecule has 0 radical (unpaired) electrons. The molecule has 1 aromatic carbocycles. The summed E-state index contributed by atoms with van der Waals surface area (Å²) in [7, 11) is 1.78. The van der Waals surface area contributed by atoms with Crippen molar-refractivity contribution in [1.82, 2.24) is 10.6 Å². The zero-order chi connectivity index (χ0) is 13.0. The standard InChI is InChI=1S/C14H21N3O.ClH/c1-11-9-12-5-3-4-6-13(12)17(11)8-7-16-14(18)10-15-2;/h3-6,11,15H,7-10H2,1-2H3,(H,16,18);1H. The molecule has 0 saturated heterocycles. The van der Waals surface area contributed by atoms with Gasteiger partial charge in [-0.15, -0.1) is 12.4 Å². The number of fused-ring (bicyclic) bond motifs is 1. The summed E-state index contributed by atoms with van der Waals surface area (Å²) < 4.78 is 0. The Kier molecular flexibility index (Phi) is 6.12. The number of carbonyl (C=O) groups excluding carboxylic acids is 1. The van der Waals surface area contributed by atoms with Gasteiger partial charge in [0.1, 0.15) is 0 Å². The number of benzene rings is 1. The van der Waals surface area contributed by atoms with Gasteiger partial charge in [0.25, 0.3) is 0 Å². The Morgan fingerprint density at radius 1 is 1.42 bits per heavy atom. The Bertz CT molecular complexity index is 425. The quantitative estimate of drug-likeness (QED) is 0.853. The first-order valence-electron chi connectivity index (χ1n) is 6.48. The van der Waals surface area contributed by atoms with Crippen molar-refractivity contribution in [1.29, 1.82) is 0 Å². The topological polar surface area (TPSA) is 44.4 Å². The molecular weight excluding hydrogens is 262 g/mol. The summed E-state index contributed by atoms with van der Waals surface area (Å²) >= 11 is 0. The highest BCUT2D eigenvalue weighted by Crippen LogP contribution is 2.30. The molecule has 2 rings (SSSR count). The van der Waals surface area contributed by atoms with E-state index >= 15 is 0 Å². The summed E-state index contributed by atoms with van der Waals surface area (Å²) in [6.07, 6.45) is 1.10. The molecule has 1 atom stereocenters. The molecule has 0 spiro atoms. The molecule has 2 N–H and O–H groups in total. The molecule has 0 aromatic heterocycles. The van der Waals surface area contributed by atoms with Crippen molar-refractivity contribution in [3.8, 4) is 0 Å². The van der Waals surface area contributed by atoms with Gasteiger partial charge in [0.05, 0.1) is 6.54 Å². The maximum absolute atomic E-state index is 11.4. The molecule has 4 nitrogen and oxygen atoms in total. The van der Waals surface area contributed by atoms with Gasteiger partial charge in [-0.05, 0) is 32.0 Å². The summed E-state index contributed by atoms with van der Waals surface area (Å²) in [6, 6.07) is 9.02. The van der Waals surface area contributed by atoms with Gasteiger partial charge in [0.15, 0.2) is 0 Å². The molecule has 5 heteroatoms. The fourth-order valence-electron chi connectivity index (χ4n) is 2.51. The lowest BCUT2D eigenvalue weighted by Crippen LogP contribution is -2.40. The molecular formula is C14H22ClN3O. The lowest BCUT2D eigenvalue weighted by atomic mass is 10.1. The van der Waals surface area contributed by atoms with E-state index in [1.807, 2.05) is 0 Å². The van der Waals surface area contributed by atoms with Gasteiger partial charge in [-0.2, -0.15) is 0 Å². The molecule has 19 heavy (non-hydrogen) atoms. The SMILES string of the molecule is CNCC(=O)NCCN1c2ccccc2CC1C.Cl. The largest absolute Gasteiger partial charge is 0.367 e. The van der Waals surface area contributed by atoms with Crippen molar-refractivity contribution in [2.24, 2.45) is 0 Å². The number of rotatable bonds is 5. The number of para-hydroxylation sites is 1. The van der Waals surface area contributed by atoms with Crippen molar-refractivity contribution in [2.75, 3.05) is 31.6 Å². The molecule has 1 aliphatic heterocycles. The van der Waals surface area contributed by atoms with Crippen LogP contribution in [0.5, 0.6) is 0 Å². The highest BCUT2D eigenvalue weighted by Gasteiger charge is 2.24. The number of halogens is 1. The van der Waals surface area contributed by atoms with Gasteiger partial charge in [-0.25, -0.2) is 0 Å². The predicted octanol–water partition coefficient (Wildman–Crippen LogP) is 1.19. The van der Waals surface area contributed by atoms with Crippen LogP contribution >= 0.6 is 12.4 Å². The van der Waals surface area contributed by atoms with Crippen LogP contribution in [-0.2, 0) is 11.2 Å². The Morgan fingerprint density at radius 3 is 2.89 bits per heavy atom. The second kappa shape index (κ2) is 7.36. The molecule has 1 aliphatic rings. The molecule has 1 heterocycles. The van der Waals surface area contributed by atoms with Gasteiger partial charge in [-0.3, -0.25) is 4.79 Å². The van der Waals surface area contributed by atoms with E-state index < -0.39 is 0 Å². The number of nitrogens with zero attached hydrogens (tertiary/aromatic N) is 1. The average Bonchev–Trinajstić information content (AvgIpc) is 2.66. The lowest BCUT2D eigenvalue weighted by molar-refractivity contribution is -0.120. The van der Waals surface area contributed by atoms with Gasteiger partial charge in [0.2, 0.25) is 5.91 Å². The molecule has 0 bridgehead atoms. The van der Waals surface area contributed by atoms with E-state index in [2.05, 4.69) is 46.7 Å². The van der Waals surface area contributed by atoms with Crippen LogP contribution in [0.1, 0.15) is 12.5 Å². The number of hydrogen-bond donors (Lipinski definition) is 2. The van der Waals surface area contributed by atoms with Crippen molar-refractivity contribution >= 4 is 24.0 Å². The monoisotopic (exact) mass is 283 g/mol. The van der Waals surface area contributed by atoms with Gasteiger partial charge < -0.3 is 15.5 Å². The van der Waals surface area contributed by atoms with E-state index in [4.69, 9.17) is 0 Å². The zero-order valence-corrected chi connectivity index (χ0v) is 12.3. The molecule has 1 amide bonds. The number of carbonyl (C=O) groups is 1. The molecule has 106 valence electrons. The lowest BCUT2D eigenvalue weighted by Gasteiger charge is -2.25. The molecule has 1 unspecified atom stereocenters. The third kappa shape index (κ3) is 3.85. The summed E-state index contributed by atoms with van der Waals surface area (Å²) in [5.74, 6) is 0.0534. The van der Waals surface area contributed by atoms with Crippen molar-refractivity contribution in [2.45, 2.75) is 19.4 Å². The van der Waals surface area contributed by atoms with Crippen LogP contribution in [-0.4, -0.2) is 38.6 Å². The van der Waals surface area contributed by atoms with E-state index in [1.165, 1.54) is 11.3 Å². The van der Waals surface area contributed by atoms with Crippen molar-refractivity contribution in [3.63, 3.8) is 0 Å². The number of nitrogens with one attached hydrogen (secondary N) is 2. The second-order valence-corrected chi connectivity index (χ2v) is 4.76. The third-order valence-corrected chi connectivity index (χ3v) is 3.36. The molecule has 0 saturated carbocycles. The first kappa shape index (κ1) is 15.8. The van der Waals surface area contributed by atoms with Crippen LogP contribution < -0.4 is 15.5 Å². The van der Waals surface area contributed by atoms with Crippen LogP contribution in [0.2, 0.25) is 0 Å². The van der Waals surface area contributed by atoms with E-state index in [1.54, 1.807) is 7.05 Å². The highest BCUT2D eigenvalue weighted by molar-refractivity contribution is 5.85. The summed E-state index contributed by atoms with van der Waals surface area (Å²) in [4.78, 5) is 13.7. The molecule has 0 fully saturated rings. The van der Waals surface area contributed by atoms with Crippen molar-refractivity contribution in [3.05, 3.63) is 29.8 Å². The van der Waals surface area contributed by atoms with Crippen LogP contribution in [0.3, 0.4) is 0 Å². The van der Waals surface area contributed by atoms with Crippen molar-refractivity contribution < 1.29 is 4.79 Å². The Balaban J connectivity index is 0.00000180. The molecule has 0 aliphatic carbocycles. The number of hydrogen-bond acceptors (Lipinski definition) is 3. The van der Waals surface area contributed by atoms with E-state index in [0.29, 0.717) is 19.1 Å². The average molecular weight is 284 g/mol. The fraction of sp³-hybridized carbons (Fsp3) is 0.500. The number of amides is 1. The van der Waals surface area contributed by atoms with Crippen LogP contribution in [0.4, 0.5) is 5.69 Å². The van der Waals surface area contributed by atoms with Crippen LogP contribution in [0, 0.1) is 0 Å². The maximum Gasteiger partial charge on any atom is 0.234 e. The maximum atomic E-state index is 11.4. The minimum Gasteiger partial charge on any atom is -0.367 e. The predicted molar refractivity (Wildman–Crippen MR) is 81.1 cm³/mol. The van der Waals surface area contributed by atoms with Gasteiger partial charge in [-0.1, -0.05) is 18.2 Å². The Hall–Kier alpha value is -1.26. The van der Waals surface area contributed by atoms with E-state index in [-0.39, 0.29) is 18.3 Å². The first-order chi connectivity index (χ1) is 8.72. The number of likely N-dealkylation sites (N-methyl/N-ethyl adjacent to an activating group) is 1. The fourth-order valence-corrected chi connectivity index (χ4v) is 2.51. The summed E-state index contributed by atoms with van der Waals surface area (Å²) in [5.41, 5.74) is 2.72. The highest BCUT2D eigenvalue weighted by atomic mass is 35.5. The minimum atomic E-state index is 0. The first-order valence-corrected chi connectivity index (χ1v) is 6.48. The smallest absolute Gasteiger partial charge is 0.234 e. The minimum absolute atomic E-state index is 0. The summed E-state index contributed by atoms with van der Waals surface area (Å²) in [6.45, 7) is 4.17. The summed E-state index contributed by atoms with van der Waals surface area (Å²) in [5, 5.41) is 5.76. The Labute approximate surface area is 121 Å². The van der Waals surface area contributed by atoms with Gasteiger partial charge in [0, 0.05) is 24.8 Å². The van der Waals surface area contributed by atoms with E-state index in [9.17, 15) is 4.79 Å². The van der Waals surface area contributed by atoms with Crippen LogP contribution in [0.15, 0.2) is 24.3 Å².